The van der Waals surface area contributed by atoms with Gasteiger partial charge in [-0.1, -0.05) is 323 Å². The molecule has 0 amide bonds. The number of allylic oxidation sites excluding steroid dienone is 18. The molecule has 6 nitrogen and oxygen atoms in total. The van der Waals surface area contributed by atoms with Crippen LogP contribution in [-0.4, -0.2) is 37.2 Å². The number of unbranched alkanes of at least 4 members (excludes halogenated alkanes) is 35. The number of hydrogen-bond donors (Lipinski definition) is 0. The largest absolute Gasteiger partial charge is 0.462 e. The fraction of sp³-hybridized carbons (Fsp3) is 0.727. The van der Waals surface area contributed by atoms with Gasteiger partial charge in [-0.3, -0.25) is 14.4 Å². The van der Waals surface area contributed by atoms with Gasteiger partial charge in [0.05, 0.1) is 0 Å². The van der Waals surface area contributed by atoms with Crippen molar-refractivity contribution in [1.29, 1.82) is 0 Å². The molecule has 0 radical (unpaired) electrons. The maximum Gasteiger partial charge on any atom is 0.306 e. The van der Waals surface area contributed by atoms with Crippen molar-refractivity contribution in [1.82, 2.24) is 0 Å². The van der Waals surface area contributed by atoms with Crippen molar-refractivity contribution in [2.45, 2.75) is 348 Å². The lowest BCUT2D eigenvalue weighted by molar-refractivity contribution is -0.167. The van der Waals surface area contributed by atoms with Gasteiger partial charge in [0.1, 0.15) is 13.2 Å². The number of ether oxygens (including phenoxy) is 3. The molecular weight excluding hydrogens is 1020 g/mol. The maximum atomic E-state index is 13.0. The Bertz CT molecular complexity index is 1660. The molecule has 0 aromatic carbocycles. The Hall–Kier alpha value is -3.93. The number of esters is 3. The monoisotopic (exact) mass is 1150 g/mol. The first kappa shape index (κ1) is 79.1. The molecule has 6 heteroatoms. The molecule has 0 fully saturated rings. The summed E-state index contributed by atoms with van der Waals surface area (Å²) in [5.74, 6) is -0.879. The highest BCUT2D eigenvalue weighted by Crippen LogP contribution is 2.17. The average Bonchev–Trinajstić information content (AvgIpc) is 3.49. The number of hydrogen-bond acceptors (Lipinski definition) is 6. The molecule has 0 aliphatic rings. The Morgan fingerprint density at radius 1 is 0.253 bits per heavy atom. The molecule has 0 aromatic rings. The minimum absolute atomic E-state index is 0.0795. The molecule has 0 aliphatic carbocycles. The second kappa shape index (κ2) is 70.6. The van der Waals surface area contributed by atoms with Crippen molar-refractivity contribution in [2.24, 2.45) is 0 Å². The zero-order chi connectivity index (χ0) is 59.9. The highest BCUT2D eigenvalue weighted by molar-refractivity contribution is 5.71. The second-order valence-corrected chi connectivity index (χ2v) is 23.4. The van der Waals surface area contributed by atoms with Gasteiger partial charge in [-0.15, -0.1) is 0 Å². The highest BCUT2D eigenvalue weighted by Gasteiger charge is 2.19. The van der Waals surface area contributed by atoms with Gasteiger partial charge in [-0.25, -0.2) is 0 Å². The van der Waals surface area contributed by atoms with Crippen molar-refractivity contribution < 1.29 is 28.6 Å². The van der Waals surface area contributed by atoms with E-state index in [-0.39, 0.29) is 31.1 Å². The van der Waals surface area contributed by atoms with Gasteiger partial charge in [0.15, 0.2) is 6.10 Å². The van der Waals surface area contributed by atoms with Crippen LogP contribution in [0.2, 0.25) is 0 Å². The van der Waals surface area contributed by atoms with Gasteiger partial charge < -0.3 is 14.2 Å². The lowest BCUT2D eigenvalue weighted by Crippen LogP contribution is -2.30. The fourth-order valence-corrected chi connectivity index (χ4v) is 9.99. The molecule has 83 heavy (non-hydrogen) atoms. The van der Waals surface area contributed by atoms with Crippen LogP contribution in [0.5, 0.6) is 0 Å². The SMILES string of the molecule is CC/C=C\C/C=C\C/C=C\C/C=C\C/C=C\C/C=C\C/C=C\CCCCCCCCCC(=O)OCC(COC(=O)CCCCCCCCCCCCCCC)OC(=O)CCCCCCCCCCCCC/C=C\C/C=C\CCCCCCC. The molecule has 0 spiro atoms. The van der Waals surface area contributed by atoms with Crippen LogP contribution in [0.1, 0.15) is 342 Å². The topological polar surface area (TPSA) is 78.9 Å². The van der Waals surface area contributed by atoms with Crippen LogP contribution in [0.3, 0.4) is 0 Å². The third kappa shape index (κ3) is 68.7. The van der Waals surface area contributed by atoms with Crippen LogP contribution in [0.25, 0.3) is 0 Å². The Morgan fingerprint density at radius 2 is 0.470 bits per heavy atom. The predicted molar refractivity (Wildman–Crippen MR) is 362 cm³/mol. The molecule has 476 valence electrons. The van der Waals surface area contributed by atoms with E-state index in [1.807, 2.05) is 0 Å². The summed E-state index contributed by atoms with van der Waals surface area (Å²) in [5, 5.41) is 0. The van der Waals surface area contributed by atoms with Gasteiger partial charge in [0, 0.05) is 19.3 Å². The van der Waals surface area contributed by atoms with E-state index in [9.17, 15) is 14.4 Å². The van der Waals surface area contributed by atoms with Crippen LogP contribution in [-0.2, 0) is 28.6 Å². The minimum atomic E-state index is -0.785. The molecule has 0 N–H and O–H groups in total. The molecule has 1 unspecified atom stereocenters. The molecule has 0 rings (SSSR count). The zero-order valence-electron chi connectivity index (χ0n) is 54.7. The van der Waals surface area contributed by atoms with Gasteiger partial charge in [-0.2, -0.15) is 0 Å². The quantitative estimate of drug-likeness (QED) is 0.0261. The minimum Gasteiger partial charge on any atom is -0.462 e. The van der Waals surface area contributed by atoms with Crippen LogP contribution >= 0.6 is 0 Å². The molecule has 1 atom stereocenters. The van der Waals surface area contributed by atoms with E-state index in [4.69, 9.17) is 14.2 Å². The smallest absolute Gasteiger partial charge is 0.306 e. The van der Waals surface area contributed by atoms with Crippen molar-refractivity contribution >= 4 is 17.9 Å². The Labute approximate surface area is 514 Å². The summed E-state index contributed by atoms with van der Waals surface area (Å²) in [5.41, 5.74) is 0. The third-order valence-corrected chi connectivity index (χ3v) is 15.3. The molecule has 0 aromatic heterocycles. The first-order valence-electron chi connectivity index (χ1n) is 35.4. The second-order valence-electron chi connectivity index (χ2n) is 23.4. The number of carbonyl (C=O) groups excluding carboxylic acids is 3. The number of carbonyl (C=O) groups is 3. The highest BCUT2D eigenvalue weighted by atomic mass is 16.6. The standard InChI is InChI=1S/C77H132O6/c1-4-7-10-13-16-19-22-25-27-29-31-33-35-36-37-38-39-40-42-43-45-47-49-52-55-58-61-64-67-70-76(79)82-73-74(72-81-75(78)69-66-63-60-57-54-51-24-21-18-15-12-9-6-3)83-77(80)71-68-65-62-59-56-53-50-48-46-44-41-34-32-30-28-26-23-20-17-14-11-8-5-2/h7,10,16,19,23,25-27,30-33,36-37,39-40,43,45,74H,4-6,8-9,11-15,17-18,20-22,24,28-29,34-35,38,41-42,44,46-73H2,1-3H3/b10-7-,19-16-,26-23-,27-25-,32-30-,33-31-,37-36-,40-39-,45-43-. The molecule has 0 saturated carbocycles. The summed E-state index contributed by atoms with van der Waals surface area (Å²) in [6.07, 6.45) is 96.8. The lowest BCUT2D eigenvalue weighted by Gasteiger charge is -2.18. The van der Waals surface area contributed by atoms with Crippen LogP contribution in [0.15, 0.2) is 109 Å². The molecular formula is C77H132O6. The summed E-state index contributed by atoms with van der Waals surface area (Å²) < 4.78 is 17.0. The normalized spacial score (nSPS) is 12.8. The van der Waals surface area contributed by atoms with E-state index in [2.05, 4.69) is 130 Å². The Morgan fingerprint density at radius 3 is 0.735 bits per heavy atom. The first-order chi connectivity index (χ1) is 41.0. The van der Waals surface area contributed by atoms with Gasteiger partial charge in [-0.05, 0) is 109 Å². The summed E-state index contributed by atoms with van der Waals surface area (Å²) in [6.45, 7) is 6.54. The predicted octanol–water partition coefficient (Wildman–Crippen LogP) is 24.6. The van der Waals surface area contributed by atoms with Crippen LogP contribution in [0.4, 0.5) is 0 Å². The Kier molecular flexibility index (Phi) is 67.2. The Balaban J connectivity index is 4.32. The molecule has 0 bridgehead atoms. The third-order valence-electron chi connectivity index (χ3n) is 15.3. The molecule has 0 saturated heterocycles. The summed E-state index contributed by atoms with van der Waals surface area (Å²) in [6, 6.07) is 0. The van der Waals surface area contributed by atoms with Crippen molar-refractivity contribution in [2.75, 3.05) is 13.2 Å². The van der Waals surface area contributed by atoms with Crippen molar-refractivity contribution in [3.8, 4) is 0 Å². The summed E-state index contributed by atoms with van der Waals surface area (Å²) >= 11 is 0. The van der Waals surface area contributed by atoms with Crippen LogP contribution in [0, 0.1) is 0 Å². The molecule has 0 aliphatic heterocycles. The van der Waals surface area contributed by atoms with Crippen molar-refractivity contribution in [3.05, 3.63) is 109 Å². The maximum absolute atomic E-state index is 13.0. The van der Waals surface area contributed by atoms with E-state index in [0.29, 0.717) is 19.3 Å². The van der Waals surface area contributed by atoms with Gasteiger partial charge in [0.25, 0.3) is 0 Å². The fourth-order valence-electron chi connectivity index (χ4n) is 9.99. The van der Waals surface area contributed by atoms with Gasteiger partial charge >= 0.3 is 17.9 Å². The van der Waals surface area contributed by atoms with E-state index >= 15 is 0 Å². The van der Waals surface area contributed by atoms with E-state index in [1.54, 1.807) is 0 Å². The molecule has 0 heterocycles. The number of rotatable bonds is 64. The first-order valence-corrected chi connectivity index (χ1v) is 35.4. The zero-order valence-corrected chi connectivity index (χ0v) is 54.7. The van der Waals surface area contributed by atoms with Gasteiger partial charge in [0.2, 0.25) is 0 Å². The van der Waals surface area contributed by atoms with Crippen molar-refractivity contribution in [3.63, 3.8) is 0 Å². The van der Waals surface area contributed by atoms with Crippen LogP contribution < -0.4 is 0 Å². The lowest BCUT2D eigenvalue weighted by atomic mass is 10.0. The summed E-state index contributed by atoms with van der Waals surface area (Å²) in [4.78, 5) is 38.4. The van der Waals surface area contributed by atoms with E-state index in [1.165, 1.54) is 186 Å². The van der Waals surface area contributed by atoms with E-state index < -0.39 is 6.10 Å². The average molecular weight is 1150 g/mol. The van der Waals surface area contributed by atoms with E-state index in [0.717, 1.165) is 116 Å². The summed E-state index contributed by atoms with van der Waals surface area (Å²) in [7, 11) is 0.